The lowest BCUT2D eigenvalue weighted by atomic mass is 10.2. The van der Waals surface area contributed by atoms with Gasteiger partial charge in [-0.15, -0.1) is 0 Å². The first-order valence-corrected chi connectivity index (χ1v) is 6.71. The summed E-state index contributed by atoms with van der Waals surface area (Å²) in [4.78, 5) is 24.4. The maximum absolute atomic E-state index is 12.0. The summed E-state index contributed by atoms with van der Waals surface area (Å²) in [7, 11) is 0. The molecule has 0 aromatic heterocycles. The zero-order valence-electron chi connectivity index (χ0n) is 12.2. The standard InChI is InChI=1S/C15H22N2O3/c1-11(2)17(9-8-15(19)20)10-14(18)16-13-6-4-12(3)5-7-13/h4-7,11H,8-10H2,1-3H3,(H,16,18)(H,19,20). The van der Waals surface area contributed by atoms with Crippen molar-refractivity contribution in [2.45, 2.75) is 33.2 Å². The van der Waals surface area contributed by atoms with Gasteiger partial charge in [0.2, 0.25) is 5.91 Å². The number of nitrogens with zero attached hydrogens (tertiary/aromatic N) is 1. The van der Waals surface area contributed by atoms with Gasteiger partial charge in [0.05, 0.1) is 13.0 Å². The average molecular weight is 278 g/mol. The maximum atomic E-state index is 12.0. The molecule has 1 aromatic rings. The number of nitrogens with one attached hydrogen (secondary N) is 1. The van der Waals surface area contributed by atoms with E-state index in [0.29, 0.717) is 6.54 Å². The van der Waals surface area contributed by atoms with Crippen molar-refractivity contribution < 1.29 is 14.7 Å². The molecule has 0 spiro atoms. The molecule has 0 aliphatic carbocycles. The van der Waals surface area contributed by atoms with Crippen LogP contribution >= 0.6 is 0 Å². The Labute approximate surface area is 119 Å². The van der Waals surface area contributed by atoms with Gasteiger partial charge in [-0.2, -0.15) is 0 Å². The number of rotatable bonds is 7. The highest BCUT2D eigenvalue weighted by Crippen LogP contribution is 2.09. The number of carbonyl (C=O) groups is 2. The molecule has 0 radical (unpaired) electrons. The molecule has 5 heteroatoms. The number of anilines is 1. The molecule has 0 fully saturated rings. The molecule has 0 heterocycles. The van der Waals surface area contributed by atoms with Crippen molar-refractivity contribution in [1.29, 1.82) is 0 Å². The van der Waals surface area contributed by atoms with Crippen molar-refractivity contribution in [2.24, 2.45) is 0 Å². The third-order valence-electron chi connectivity index (χ3n) is 3.03. The summed E-state index contributed by atoms with van der Waals surface area (Å²) in [6.07, 6.45) is 0.0377. The van der Waals surface area contributed by atoms with E-state index in [9.17, 15) is 9.59 Å². The van der Waals surface area contributed by atoms with Gasteiger partial charge >= 0.3 is 5.97 Å². The topological polar surface area (TPSA) is 69.6 Å². The molecule has 110 valence electrons. The molecule has 5 nitrogen and oxygen atoms in total. The predicted octanol–water partition coefficient (Wildman–Crippen LogP) is 2.12. The number of carboxylic acids is 1. The van der Waals surface area contributed by atoms with Crippen LogP contribution in [0.25, 0.3) is 0 Å². The smallest absolute Gasteiger partial charge is 0.304 e. The molecule has 1 amide bonds. The number of carbonyl (C=O) groups excluding carboxylic acids is 1. The van der Waals surface area contributed by atoms with Gasteiger partial charge in [-0.05, 0) is 32.9 Å². The summed E-state index contributed by atoms with van der Waals surface area (Å²) >= 11 is 0. The van der Waals surface area contributed by atoms with Crippen molar-refractivity contribution in [3.8, 4) is 0 Å². The number of hydrogen-bond donors (Lipinski definition) is 2. The summed E-state index contributed by atoms with van der Waals surface area (Å²) in [6, 6.07) is 7.69. The molecule has 0 saturated heterocycles. The third-order valence-corrected chi connectivity index (χ3v) is 3.03. The number of hydrogen-bond acceptors (Lipinski definition) is 3. The van der Waals surface area contributed by atoms with Gasteiger partial charge in [-0.3, -0.25) is 14.5 Å². The van der Waals surface area contributed by atoms with Gasteiger partial charge < -0.3 is 10.4 Å². The van der Waals surface area contributed by atoms with Crippen molar-refractivity contribution >= 4 is 17.6 Å². The fourth-order valence-corrected chi connectivity index (χ4v) is 1.78. The minimum Gasteiger partial charge on any atom is -0.481 e. The van der Waals surface area contributed by atoms with Gasteiger partial charge in [0, 0.05) is 18.3 Å². The van der Waals surface area contributed by atoms with Crippen LogP contribution in [0, 0.1) is 6.92 Å². The quantitative estimate of drug-likeness (QED) is 0.801. The van der Waals surface area contributed by atoms with Crippen LogP contribution in [-0.4, -0.2) is 41.0 Å². The Balaban J connectivity index is 2.53. The van der Waals surface area contributed by atoms with Crippen LogP contribution in [0.15, 0.2) is 24.3 Å². The molecule has 20 heavy (non-hydrogen) atoms. The lowest BCUT2D eigenvalue weighted by molar-refractivity contribution is -0.137. The van der Waals surface area contributed by atoms with Gasteiger partial charge in [-0.1, -0.05) is 17.7 Å². The summed E-state index contributed by atoms with van der Waals surface area (Å²) in [6.45, 7) is 6.44. The van der Waals surface area contributed by atoms with Crippen molar-refractivity contribution in [2.75, 3.05) is 18.4 Å². The van der Waals surface area contributed by atoms with E-state index in [1.807, 2.05) is 49.9 Å². The van der Waals surface area contributed by atoms with Crippen LogP contribution in [0.1, 0.15) is 25.8 Å². The van der Waals surface area contributed by atoms with Crippen molar-refractivity contribution in [3.63, 3.8) is 0 Å². The molecule has 0 unspecified atom stereocenters. The Morgan fingerprint density at radius 1 is 1.25 bits per heavy atom. The van der Waals surface area contributed by atoms with Gasteiger partial charge in [0.25, 0.3) is 0 Å². The molecule has 1 rings (SSSR count). The Kier molecular flexibility index (Phi) is 6.18. The van der Waals surface area contributed by atoms with Crippen LogP contribution in [0.4, 0.5) is 5.69 Å². The van der Waals surface area contributed by atoms with Gasteiger partial charge in [0.15, 0.2) is 0 Å². The minimum absolute atomic E-state index is 0.0377. The van der Waals surface area contributed by atoms with E-state index in [2.05, 4.69) is 5.32 Å². The Bertz CT molecular complexity index is 455. The molecule has 0 aliphatic heterocycles. The third kappa shape index (κ3) is 5.84. The van der Waals surface area contributed by atoms with Crippen LogP contribution in [-0.2, 0) is 9.59 Å². The van der Waals surface area contributed by atoms with Crippen LogP contribution in [0.2, 0.25) is 0 Å². The summed E-state index contributed by atoms with van der Waals surface area (Å²) in [5, 5.41) is 11.5. The first-order chi connectivity index (χ1) is 9.38. The highest BCUT2D eigenvalue weighted by Gasteiger charge is 2.15. The second-order valence-electron chi connectivity index (χ2n) is 5.12. The normalized spacial score (nSPS) is 10.8. The van der Waals surface area contributed by atoms with E-state index in [1.54, 1.807) is 0 Å². The summed E-state index contributed by atoms with van der Waals surface area (Å²) in [5.41, 5.74) is 1.89. The van der Waals surface area contributed by atoms with E-state index in [-0.39, 0.29) is 24.9 Å². The largest absolute Gasteiger partial charge is 0.481 e. The second-order valence-corrected chi connectivity index (χ2v) is 5.12. The number of aryl methyl sites for hydroxylation is 1. The molecule has 1 aromatic carbocycles. The van der Waals surface area contributed by atoms with E-state index >= 15 is 0 Å². The number of amides is 1. The number of carboxylic acid groups (broad SMARTS) is 1. The van der Waals surface area contributed by atoms with E-state index < -0.39 is 5.97 Å². The highest BCUT2D eigenvalue weighted by molar-refractivity contribution is 5.92. The van der Waals surface area contributed by atoms with Crippen molar-refractivity contribution in [3.05, 3.63) is 29.8 Å². The molecule has 0 saturated carbocycles. The molecule has 0 bridgehead atoms. The van der Waals surface area contributed by atoms with Crippen LogP contribution in [0.3, 0.4) is 0 Å². The first kappa shape index (κ1) is 16.2. The maximum Gasteiger partial charge on any atom is 0.304 e. The summed E-state index contributed by atoms with van der Waals surface area (Å²) in [5.74, 6) is -0.984. The SMILES string of the molecule is Cc1ccc(NC(=O)CN(CCC(=O)O)C(C)C)cc1. The molecular formula is C15H22N2O3. The predicted molar refractivity (Wildman–Crippen MR) is 78.8 cm³/mol. The average Bonchev–Trinajstić information content (AvgIpc) is 2.36. The highest BCUT2D eigenvalue weighted by atomic mass is 16.4. The van der Waals surface area contributed by atoms with E-state index in [4.69, 9.17) is 5.11 Å². The molecule has 0 aliphatic rings. The Hall–Kier alpha value is -1.88. The lowest BCUT2D eigenvalue weighted by Crippen LogP contribution is -2.39. The van der Waals surface area contributed by atoms with Crippen LogP contribution < -0.4 is 5.32 Å². The Morgan fingerprint density at radius 2 is 1.85 bits per heavy atom. The fraction of sp³-hybridized carbons (Fsp3) is 0.467. The zero-order chi connectivity index (χ0) is 15.1. The van der Waals surface area contributed by atoms with Gasteiger partial charge in [-0.25, -0.2) is 0 Å². The molecular weight excluding hydrogens is 256 g/mol. The van der Waals surface area contributed by atoms with E-state index in [0.717, 1.165) is 11.3 Å². The van der Waals surface area contributed by atoms with Crippen LogP contribution in [0.5, 0.6) is 0 Å². The second kappa shape index (κ2) is 7.65. The number of benzene rings is 1. The molecule has 0 atom stereocenters. The Morgan fingerprint density at radius 3 is 2.35 bits per heavy atom. The zero-order valence-corrected chi connectivity index (χ0v) is 12.2. The fourth-order valence-electron chi connectivity index (χ4n) is 1.78. The number of aliphatic carboxylic acids is 1. The van der Waals surface area contributed by atoms with E-state index in [1.165, 1.54) is 0 Å². The lowest BCUT2D eigenvalue weighted by Gasteiger charge is -2.25. The summed E-state index contributed by atoms with van der Waals surface area (Å²) < 4.78 is 0. The van der Waals surface area contributed by atoms with Crippen molar-refractivity contribution in [1.82, 2.24) is 4.90 Å². The monoisotopic (exact) mass is 278 g/mol. The van der Waals surface area contributed by atoms with Gasteiger partial charge in [0.1, 0.15) is 0 Å². The molecule has 2 N–H and O–H groups in total. The first-order valence-electron chi connectivity index (χ1n) is 6.71. The minimum atomic E-state index is -0.852.